The van der Waals surface area contributed by atoms with Crippen molar-refractivity contribution >= 4 is 17.8 Å². The Morgan fingerprint density at radius 2 is 1.95 bits per heavy atom. The van der Waals surface area contributed by atoms with Crippen LogP contribution >= 0.6 is 0 Å². The van der Waals surface area contributed by atoms with E-state index in [2.05, 4.69) is 5.32 Å². The van der Waals surface area contributed by atoms with Crippen LogP contribution in [0.1, 0.15) is 38.5 Å². The van der Waals surface area contributed by atoms with Crippen molar-refractivity contribution in [2.45, 2.75) is 44.6 Å². The summed E-state index contributed by atoms with van der Waals surface area (Å²) >= 11 is 0. The number of carboxylic acids is 2. The smallest absolute Gasteiger partial charge is 0.307 e. The van der Waals surface area contributed by atoms with Crippen LogP contribution in [0.15, 0.2) is 0 Å². The van der Waals surface area contributed by atoms with Gasteiger partial charge in [-0.3, -0.25) is 14.4 Å². The number of aliphatic carboxylic acids is 2. The lowest BCUT2D eigenvalue weighted by molar-refractivity contribution is -0.151. The average molecular weight is 269 g/mol. The van der Waals surface area contributed by atoms with Gasteiger partial charge in [-0.15, -0.1) is 0 Å². The van der Waals surface area contributed by atoms with Crippen molar-refractivity contribution in [1.82, 2.24) is 5.32 Å². The summed E-state index contributed by atoms with van der Waals surface area (Å²) in [6.07, 6.45) is 3.54. The van der Waals surface area contributed by atoms with Crippen LogP contribution in [-0.2, 0) is 14.4 Å². The number of amides is 1. The zero-order valence-electron chi connectivity index (χ0n) is 10.7. The fourth-order valence-corrected chi connectivity index (χ4v) is 3.49. The maximum Gasteiger partial charge on any atom is 0.307 e. The maximum absolute atomic E-state index is 11.5. The highest BCUT2D eigenvalue weighted by Gasteiger charge is 2.44. The molecule has 0 aromatic heterocycles. The Hall–Kier alpha value is -1.59. The fraction of sp³-hybridized carbons (Fsp3) is 0.769. The first kappa shape index (κ1) is 13.8. The minimum absolute atomic E-state index is 0.0404. The minimum atomic E-state index is -1.10. The molecule has 2 fully saturated rings. The summed E-state index contributed by atoms with van der Waals surface area (Å²) in [6.45, 7) is 0. The largest absolute Gasteiger partial charge is 0.481 e. The van der Waals surface area contributed by atoms with Crippen molar-refractivity contribution < 1.29 is 24.6 Å². The maximum atomic E-state index is 11.5. The highest BCUT2D eigenvalue weighted by Crippen LogP contribution is 2.38. The summed E-state index contributed by atoms with van der Waals surface area (Å²) in [4.78, 5) is 33.7. The summed E-state index contributed by atoms with van der Waals surface area (Å²) in [7, 11) is 0. The van der Waals surface area contributed by atoms with E-state index >= 15 is 0 Å². The van der Waals surface area contributed by atoms with Gasteiger partial charge in [-0.2, -0.15) is 0 Å². The molecular weight excluding hydrogens is 250 g/mol. The van der Waals surface area contributed by atoms with Gasteiger partial charge in [0.2, 0.25) is 5.91 Å². The van der Waals surface area contributed by atoms with E-state index in [0.29, 0.717) is 12.8 Å². The number of carboxylic acid groups (broad SMARTS) is 2. The van der Waals surface area contributed by atoms with E-state index in [0.717, 1.165) is 19.3 Å². The molecule has 0 aromatic carbocycles. The zero-order valence-corrected chi connectivity index (χ0v) is 10.7. The van der Waals surface area contributed by atoms with Gasteiger partial charge in [0.05, 0.1) is 12.3 Å². The molecule has 6 nitrogen and oxygen atoms in total. The van der Waals surface area contributed by atoms with Gasteiger partial charge in [-0.1, -0.05) is 12.8 Å². The molecule has 4 unspecified atom stereocenters. The van der Waals surface area contributed by atoms with Gasteiger partial charge < -0.3 is 15.5 Å². The van der Waals surface area contributed by atoms with Crippen LogP contribution < -0.4 is 5.32 Å². The minimum Gasteiger partial charge on any atom is -0.481 e. The Morgan fingerprint density at radius 3 is 2.58 bits per heavy atom. The molecule has 6 heteroatoms. The Morgan fingerprint density at radius 1 is 1.26 bits per heavy atom. The van der Waals surface area contributed by atoms with E-state index < -0.39 is 17.9 Å². The first-order chi connectivity index (χ1) is 8.99. The second-order valence-corrected chi connectivity index (χ2v) is 5.55. The third-order valence-corrected chi connectivity index (χ3v) is 4.34. The molecule has 2 rings (SSSR count). The van der Waals surface area contributed by atoms with E-state index in [9.17, 15) is 19.5 Å². The molecule has 0 aromatic rings. The Kier molecular flexibility index (Phi) is 4.07. The van der Waals surface area contributed by atoms with Crippen molar-refractivity contribution in [3.05, 3.63) is 0 Å². The molecule has 1 heterocycles. The van der Waals surface area contributed by atoms with Crippen LogP contribution in [0.2, 0.25) is 0 Å². The lowest BCUT2D eigenvalue weighted by Gasteiger charge is -2.29. The summed E-state index contributed by atoms with van der Waals surface area (Å²) in [5.41, 5.74) is 0. The average Bonchev–Trinajstić information content (AvgIpc) is 2.57. The number of carbonyl (C=O) groups is 3. The molecule has 4 atom stereocenters. The summed E-state index contributed by atoms with van der Waals surface area (Å²) < 4.78 is 0. The van der Waals surface area contributed by atoms with Crippen LogP contribution in [0.3, 0.4) is 0 Å². The highest BCUT2D eigenvalue weighted by molar-refractivity contribution is 5.80. The molecule has 0 radical (unpaired) electrons. The third kappa shape index (κ3) is 3.05. The van der Waals surface area contributed by atoms with Gasteiger partial charge >= 0.3 is 11.9 Å². The normalized spacial score (nSPS) is 32.0. The Labute approximate surface area is 111 Å². The molecule has 1 aliphatic heterocycles. The van der Waals surface area contributed by atoms with E-state index in [4.69, 9.17) is 5.11 Å². The Bertz CT molecular complexity index is 394. The number of hydrogen-bond donors (Lipinski definition) is 3. The molecule has 0 spiro atoms. The fourth-order valence-electron chi connectivity index (χ4n) is 3.49. The molecule has 1 saturated heterocycles. The number of nitrogens with one attached hydrogen (secondary N) is 1. The zero-order chi connectivity index (χ0) is 14.0. The van der Waals surface area contributed by atoms with E-state index in [1.54, 1.807) is 0 Å². The van der Waals surface area contributed by atoms with Crippen LogP contribution in [-0.4, -0.2) is 34.1 Å². The summed E-state index contributed by atoms with van der Waals surface area (Å²) in [5, 5.41) is 21.0. The molecule has 0 bridgehead atoms. The topological polar surface area (TPSA) is 104 Å². The van der Waals surface area contributed by atoms with Crippen molar-refractivity contribution in [3.63, 3.8) is 0 Å². The first-order valence-electron chi connectivity index (χ1n) is 6.73. The van der Waals surface area contributed by atoms with Gasteiger partial charge in [-0.25, -0.2) is 0 Å². The molecule has 2 aliphatic rings. The lowest BCUT2D eigenvalue weighted by Crippen LogP contribution is -2.42. The molecule has 19 heavy (non-hydrogen) atoms. The highest BCUT2D eigenvalue weighted by atomic mass is 16.4. The van der Waals surface area contributed by atoms with Crippen molar-refractivity contribution in [2.24, 2.45) is 17.8 Å². The number of rotatable bonds is 4. The van der Waals surface area contributed by atoms with Crippen LogP contribution in [0, 0.1) is 17.8 Å². The van der Waals surface area contributed by atoms with E-state index in [1.165, 1.54) is 0 Å². The van der Waals surface area contributed by atoms with Crippen molar-refractivity contribution in [3.8, 4) is 0 Å². The predicted molar refractivity (Wildman–Crippen MR) is 65.4 cm³/mol. The lowest BCUT2D eigenvalue weighted by atomic mass is 9.78. The second-order valence-electron chi connectivity index (χ2n) is 5.55. The number of fused-ring (bicyclic) bond motifs is 1. The molecular formula is C13H19NO5. The number of carbonyl (C=O) groups excluding carboxylic acids is 1. The van der Waals surface area contributed by atoms with Crippen molar-refractivity contribution in [1.29, 1.82) is 0 Å². The molecule has 3 N–H and O–H groups in total. The third-order valence-electron chi connectivity index (χ3n) is 4.34. The standard InChI is InChI=1S/C13H19NO5/c15-10-5-7-3-1-2-4-8(12(7)14-10)9(13(18)19)6-11(16)17/h7-9,12H,1-6H2,(H,14,15)(H,16,17)(H,18,19). The van der Waals surface area contributed by atoms with Gasteiger partial charge in [0.1, 0.15) is 0 Å². The molecule has 1 amide bonds. The first-order valence-corrected chi connectivity index (χ1v) is 6.73. The van der Waals surface area contributed by atoms with Crippen LogP contribution in [0.25, 0.3) is 0 Å². The predicted octanol–water partition coefficient (Wildman–Crippen LogP) is 0.857. The van der Waals surface area contributed by atoms with Gasteiger partial charge in [0.15, 0.2) is 0 Å². The molecule has 106 valence electrons. The van der Waals surface area contributed by atoms with E-state index in [-0.39, 0.29) is 30.2 Å². The van der Waals surface area contributed by atoms with Gasteiger partial charge in [0, 0.05) is 12.5 Å². The molecule has 1 aliphatic carbocycles. The monoisotopic (exact) mass is 269 g/mol. The number of hydrogen-bond acceptors (Lipinski definition) is 3. The van der Waals surface area contributed by atoms with E-state index in [1.807, 2.05) is 0 Å². The summed E-state index contributed by atoms with van der Waals surface area (Å²) in [5.74, 6) is -3.24. The van der Waals surface area contributed by atoms with Gasteiger partial charge in [0.25, 0.3) is 0 Å². The van der Waals surface area contributed by atoms with Crippen LogP contribution in [0.5, 0.6) is 0 Å². The quantitative estimate of drug-likeness (QED) is 0.702. The SMILES string of the molecule is O=C(O)CC(C(=O)O)C1CCCCC2CC(=O)NC21. The Balaban J connectivity index is 2.20. The second kappa shape index (κ2) is 5.59. The van der Waals surface area contributed by atoms with Crippen LogP contribution in [0.4, 0.5) is 0 Å². The van der Waals surface area contributed by atoms with Crippen molar-refractivity contribution in [2.75, 3.05) is 0 Å². The van der Waals surface area contributed by atoms with Gasteiger partial charge in [-0.05, 0) is 24.7 Å². The summed E-state index contributed by atoms with van der Waals surface area (Å²) in [6, 6.07) is -0.171. The molecule has 1 saturated carbocycles.